The number of nitrogens with zero attached hydrogens (tertiary/aromatic N) is 1. The molecule has 1 atom stereocenters. The van der Waals surface area contributed by atoms with E-state index in [1.807, 2.05) is 24.3 Å². The summed E-state index contributed by atoms with van der Waals surface area (Å²) in [6.07, 6.45) is 13.9. The molecule has 41 heavy (non-hydrogen) atoms. The molecule has 2 N–H and O–H groups in total. The van der Waals surface area contributed by atoms with Crippen LogP contribution in [0.2, 0.25) is 0 Å². The van der Waals surface area contributed by atoms with Gasteiger partial charge in [-0.1, -0.05) is 152 Å². The molecule has 0 heterocycles. The molecule has 0 saturated heterocycles. The van der Waals surface area contributed by atoms with Crippen molar-refractivity contribution in [3.8, 4) is 11.1 Å². The molecule has 0 aromatic heterocycles. The lowest BCUT2D eigenvalue weighted by Crippen LogP contribution is -2.15. The molecule has 1 unspecified atom stereocenters. The van der Waals surface area contributed by atoms with Gasteiger partial charge in [0.25, 0.3) is 0 Å². The predicted molar refractivity (Wildman–Crippen MR) is 175 cm³/mol. The van der Waals surface area contributed by atoms with Crippen molar-refractivity contribution in [2.45, 2.75) is 19.3 Å². The Bertz CT molecular complexity index is 1740. The largest absolute Gasteiger partial charge is 0.383 e. The zero-order chi connectivity index (χ0) is 27.9. The van der Waals surface area contributed by atoms with Gasteiger partial charge in [0.1, 0.15) is 5.84 Å². The molecule has 0 spiro atoms. The molecule has 6 rings (SSSR count). The average molecular weight is 531 g/mol. The summed E-state index contributed by atoms with van der Waals surface area (Å²) in [6.45, 7) is 0. The number of fused-ring (bicyclic) bond motifs is 1. The molecule has 0 saturated carbocycles. The number of benzene rings is 5. The number of hydrogen-bond donors (Lipinski definition) is 1. The minimum atomic E-state index is 0.511. The minimum absolute atomic E-state index is 0.511. The van der Waals surface area contributed by atoms with Gasteiger partial charge in [0, 0.05) is 11.1 Å². The number of amidine groups is 1. The second kappa shape index (κ2) is 12.5. The lowest BCUT2D eigenvalue weighted by molar-refractivity contribution is 0.653. The highest BCUT2D eigenvalue weighted by atomic mass is 14.9. The first-order valence-electron chi connectivity index (χ1n) is 14.3. The maximum Gasteiger partial charge on any atom is 0.132 e. The molecule has 5 aromatic rings. The summed E-state index contributed by atoms with van der Waals surface area (Å²) in [7, 11) is 0. The fraction of sp³-hybridized carbons (Fsp3) is 0.103. The van der Waals surface area contributed by atoms with Gasteiger partial charge in [-0.2, -0.15) is 0 Å². The van der Waals surface area contributed by atoms with Crippen molar-refractivity contribution >= 4 is 22.3 Å². The summed E-state index contributed by atoms with van der Waals surface area (Å²) < 4.78 is 0. The van der Waals surface area contributed by atoms with Crippen LogP contribution in [-0.4, -0.2) is 5.84 Å². The van der Waals surface area contributed by atoms with Crippen molar-refractivity contribution in [1.82, 2.24) is 0 Å². The van der Waals surface area contributed by atoms with Crippen LogP contribution in [0.25, 0.3) is 27.6 Å². The second-order valence-electron chi connectivity index (χ2n) is 10.6. The molecule has 2 heteroatoms. The monoisotopic (exact) mass is 530 g/mol. The fourth-order valence-corrected chi connectivity index (χ4v) is 5.54. The first-order valence-corrected chi connectivity index (χ1v) is 14.3. The van der Waals surface area contributed by atoms with Crippen LogP contribution >= 0.6 is 0 Å². The predicted octanol–water partition coefficient (Wildman–Crippen LogP) is 9.17. The standard InChI is InChI=1S/C39H34N2/c40-39(41-37(33-17-8-3-9-18-33)27-22-29-12-4-1-5-13-29)36-26-25-32-16-10-11-19-35(32)38(36)34-23-20-31(21-24-34)28-30-14-6-2-7-15-30/h1-14,16-21,23-27,30H,15,22,28H2,(H2,40,41)/b37-27-. The highest BCUT2D eigenvalue weighted by Crippen LogP contribution is 2.33. The van der Waals surface area contributed by atoms with Crippen molar-refractivity contribution in [2.75, 3.05) is 0 Å². The van der Waals surface area contributed by atoms with E-state index >= 15 is 0 Å². The molecule has 1 aliphatic rings. The summed E-state index contributed by atoms with van der Waals surface area (Å²) in [6, 6.07) is 42.5. The third-order valence-electron chi connectivity index (χ3n) is 7.70. The topological polar surface area (TPSA) is 38.4 Å². The number of nitrogens with two attached hydrogens (primary N) is 1. The van der Waals surface area contributed by atoms with E-state index in [0.717, 1.165) is 47.2 Å². The number of rotatable bonds is 8. The van der Waals surface area contributed by atoms with E-state index in [1.54, 1.807) is 0 Å². The highest BCUT2D eigenvalue weighted by Gasteiger charge is 2.15. The van der Waals surface area contributed by atoms with Crippen molar-refractivity contribution in [3.05, 3.63) is 174 Å². The van der Waals surface area contributed by atoms with E-state index in [2.05, 4.69) is 127 Å². The van der Waals surface area contributed by atoms with Crippen LogP contribution in [0, 0.1) is 5.92 Å². The van der Waals surface area contributed by atoms with Gasteiger partial charge in [0.05, 0.1) is 5.70 Å². The minimum Gasteiger partial charge on any atom is -0.383 e. The zero-order valence-corrected chi connectivity index (χ0v) is 23.2. The first kappa shape index (κ1) is 26.3. The third-order valence-corrected chi connectivity index (χ3v) is 7.70. The molecule has 5 aromatic carbocycles. The lowest BCUT2D eigenvalue weighted by atomic mass is 9.90. The van der Waals surface area contributed by atoms with E-state index in [0.29, 0.717) is 11.8 Å². The van der Waals surface area contributed by atoms with Crippen LogP contribution in [-0.2, 0) is 12.8 Å². The Morgan fingerprint density at radius 1 is 0.732 bits per heavy atom. The van der Waals surface area contributed by atoms with Crippen LogP contribution in [0.5, 0.6) is 0 Å². The van der Waals surface area contributed by atoms with Gasteiger partial charge in [-0.25, -0.2) is 4.99 Å². The van der Waals surface area contributed by atoms with E-state index in [1.165, 1.54) is 21.9 Å². The summed E-state index contributed by atoms with van der Waals surface area (Å²) in [5.74, 6) is 1.07. The van der Waals surface area contributed by atoms with Crippen molar-refractivity contribution in [1.29, 1.82) is 0 Å². The third kappa shape index (κ3) is 6.28. The average Bonchev–Trinajstić information content (AvgIpc) is 3.04. The maximum absolute atomic E-state index is 6.88. The van der Waals surface area contributed by atoms with Crippen molar-refractivity contribution < 1.29 is 0 Å². The lowest BCUT2D eigenvalue weighted by Gasteiger charge is -2.16. The fourth-order valence-electron chi connectivity index (χ4n) is 5.54. The normalized spacial score (nSPS) is 15.4. The molecule has 0 radical (unpaired) electrons. The van der Waals surface area contributed by atoms with Gasteiger partial charge in [-0.05, 0) is 58.2 Å². The van der Waals surface area contributed by atoms with E-state index in [-0.39, 0.29) is 0 Å². The highest BCUT2D eigenvalue weighted by molar-refractivity contribution is 6.12. The Morgan fingerprint density at radius 3 is 2.22 bits per heavy atom. The maximum atomic E-state index is 6.88. The molecular formula is C39H34N2. The van der Waals surface area contributed by atoms with Gasteiger partial charge in [-0.15, -0.1) is 0 Å². The molecule has 200 valence electrons. The molecular weight excluding hydrogens is 496 g/mol. The SMILES string of the molecule is NC(=N/C(=C\Cc1ccccc1)c1ccccc1)c1ccc2ccccc2c1-c1ccc(CC2C=CC=CC2)cc1. The summed E-state index contributed by atoms with van der Waals surface area (Å²) >= 11 is 0. The molecule has 0 bridgehead atoms. The van der Waals surface area contributed by atoms with Crippen LogP contribution in [0.4, 0.5) is 0 Å². The first-order chi connectivity index (χ1) is 20.2. The van der Waals surface area contributed by atoms with Gasteiger partial charge >= 0.3 is 0 Å². The summed E-state index contributed by atoms with van der Waals surface area (Å²) in [5.41, 5.74) is 14.6. The van der Waals surface area contributed by atoms with Gasteiger partial charge in [-0.3, -0.25) is 0 Å². The summed E-state index contributed by atoms with van der Waals surface area (Å²) in [4.78, 5) is 5.06. The van der Waals surface area contributed by atoms with Crippen LogP contribution in [0.3, 0.4) is 0 Å². The Labute approximate surface area is 242 Å². The summed E-state index contributed by atoms with van der Waals surface area (Å²) in [5, 5.41) is 2.36. The number of allylic oxidation sites excluding steroid dienone is 5. The molecule has 0 amide bonds. The molecule has 2 nitrogen and oxygen atoms in total. The Kier molecular flexibility index (Phi) is 8.00. The Balaban J connectivity index is 1.40. The van der Waals surface area contributed by atoms with E-state index in [4.69, 9.17) is 10.7 Å². The van der Waals surface area contributed by atoms with Crippen LogP contribution in [0.15, 0.2) is 157 Å². The second-order valence-corrected chi connectivity index (χ2v) is 10.6. The number of hydrogen-bond acceptors (Lipinski definition) is 1. The number of aliphatic imine (C=N–C) groups is 1. The molecule has 0 aliphatic heterocycles. The van der Waals surface area contributed by atoms with Crippen LogP contribution in [0.1, 0.15) is 28.7 Å². The smallest absolute Gasteiger partial charge is 0.132 e. The quantitative estimate of drug-likeness (QED) is 0.158. The Morgan fingerprint density at radius 2 is 1.46 bits per heavy atom. The van der Waals surface area contributed by atoms with Crippen LogP contribution < -0.4 is 5.73 Å². The zero-order valence-electron chi connectivity index (χ0n) is 23.2. The Hall–Kier alpha value is -4.95. The molecule has 0 fully saturated rings. The van der Waals surface area contributed by atoms with Gasteiger partial charge in [0.15, 0.2) is 0 Å². The van der Waals surface area contributed by atoms with Crippen molar-refractivity contribution in [2.24, 2.45) is 16.6 Å². The van der Waals surface area contributed by atoms with Gasteiger partial charge in [0.2, 0.25) is 0 Å². The van der Waals surface area contributed by atoms with E-state index in [9.17, 15) is 0 Å². The van der Waals surface area contributed by atoms with E-state index < -0.39 is 0 Å². The van der Waals surface area contributed by atoms with Crippen molar-refractivity contribution in [3.63, 3.8) is 0 Å². The molecule has 1 aliphatic carbocycles. The van der Waals surface area contributed by atoms with Gasteiger partial charge < -0.3 is 5.73 Å².